The Hall–Kier alpha value is -1.36. The predicted octanol–water partition coefficient (Wildman–Crippen LogP) is -1.20. The minimum Gasteiger partial charge on any atom is -0.267 e. The highest BCUT2D eigenvalue weighted by Crippen LogP contribution is 1.91. The Kier molecular flexibility index (Phi) is 0.983. The minimum absolute atomic E-state index is 0.0880. The van der Waals surface area contributed by atoms with Gasteiger partial charge in [0.15, 0.2) is 0 Å². The number of nitrogens with zero attached hydrogens (tertiary/aromatic N) is 2. The van der Waals surface area contributed by atoms with E-state index in [9.17, 15) is 4.79 Å². The van der Waals surface area contributed by atoms with E-state index in [-0.39, 0.29) is 5.56 Å². The summed E-state index contributed by atoms with van der Waals surface area (Å²) in [5.41, 5.74) is 5.35. The van der Waals surface area contributed by atoms with Gasteiger partial charge in [-0.3, -0.25) is 10.3 Å². The van der Waals surface area contributed by atoms with Gasteiger partial charge in [0, 0.05) is 12.3 Å². The Bertz CT molecular complexity index is 305. The highest BCUT2D eigenvalue weighted by molar-refractivity contribution is 4.99. The molecule has 52 valence electrons. The van der Waals surface area contributed by atoms with Crippen LogP contribution in [0.2, 0.25) is 0 Å². The van der Waals surface area contributed by atoms with Gasteiger partial charge in [-0.1, -0.05) is 0 Å². The lowest BCUT2D eigenvalue weighted by Crippen LogP contribution is -2.29. The molecule has 0 saturated heterocycles. The van der Waals surface area contributed by atoms with Gasteiger partial charge in [-0.2, -0.15) is 4.68 Å². The fourth-order valence-electron chi connectivity index (χ4n) is 0.889. The molecule has 10 heavy (non-hydrogen) atoms. The molecule has 0 aromatic carbocycles. The molecule has 0 radical (unpaired) electrons. The molecule has 2 heterocycles. The molecule has 5 nitrogen and oxygen atoms in total. The molecule has 1 aromatic heterocycles. The third-order valence-electron chi connectivity index (χ3n) is 1.36. The van der Waals surface area contributed by atoms with Crippen molar-refractivity contribution in [3.8, 4) is 0 Å². The lowest BCUT2D eigenvalue weighted by atomic mass is 10.5. The Morgan fingerprint density at radius 2 is 2.60 bits per heavy atom. The second-order valence-corrected chi connectivity index (χ2v) is 2.00. The van der Waals surface area contributed by atoms with Gasteiger partial charge >= 0.3 is 0 Å². The Morgan fingerprint density at radius 1 is 1.70 bits per heavy atom. The molecular formula is C5H6N4O. The van der Waals surface area contributed by atoms with Gasteiger partial charge in [0.25, 0.3) is 5.56 Å². The van der Waals surface area contributed by atoms with Crippen LogP contribution >= 0.6 is 0 Å². The third kappa shape index (κ3) is 0.608. The van der Waals surface area contributed by atoms with E-state index in [1.807, 2.05) is 0 Å². The van der Waals surface area contributed by atoms with Crippen molar-refractivity contribution in [2.24, 2.45) is 0 Å². The molecule has 0 spiro atoms. The summed E-state index contributed by atoms with van der Waals surface area (Å²) in [5, 5.41) is 0. The first-order chi connectivity index (χ1) is 4.88. The average molecular weight is 138 g/mol. The topological polar surface area (TPSA) is 59.0 Å². The predicted molar refractivity (Wildman–Crippen MR) is 34.7 cm³/mol. The van der Waals surface area contributed by atoms with Crippen molar-refractivity contribution in [3.63, 3.8) is 0 Å². The van der Waals surface area contributed by atoms with Crippen molar-refractivity contribution in [1.29, 1.82) is 0 Å². The molecule has 5 heteroatoms. The molecule has 0 aliphatic carbocycles. The van der Waals surface area contributed by atoms with Gasteiger partial charge in [0.1, 0.15) is 5.82 Å². The van der Waals surface area contributed by atoms with E-state index >= 15 is 0 Å². The van der Waals surface area contributed by atoms with E-state index in [2.05, 4.69) is 15.9 Å². The van der Waals surface area contributed by atoms with Crippen molar-refractivity contribution >= 4 is 0 Å². The summed E-state index contributed by atoms with van der Waals surface area (Å²) < 4.78 is 1.38. The van der Waals surface area contributed by atoms with E-state index in [1.165, 1.54) is 16.9 Å². The van der Waals surface area contributed by atoms with E-state index in [1.54, 1.807) is 0 Å². The van der Waals surface area contributed by atoms with Crippen LogP contribution in [0.5, 0.6) is 0 Å². The monoisotopic (exact) mass is 138 g/mol. The first-order valence-corrected chi connectivity index (χ1v) is 2.94. The summed E-state index contributed by atoms with van der Waals surface area (Å²) in [7, 11) is 0. The molecule has 0 amide bonds. The minimum atomic E-state index is -0.0880. The fourth-order valence-corrected chi connectivity index (χ4v) is 0.889. The Balaban J connectivity index is 2.70. The van der Waals surface area contributed by atoms with Gasteiger partial charge in [0.05, 0.1) is 6.54 Å². The van der Waals surface area contributed by atoms with E-state index in [0.717, 1.165) is 0 Å². The molecule has 0 unspecified atom stereocenters. The summed E-state index contributed by atoms with van der Waals surface area (Å²) in [6.07, 6.45) is 1.50. The molecule has 2 rings (SSSR count). The third-order valence-corrected chi connectivity index (χ3v) is 1.36. The Labute approximate surface area is 56.6 Å². The van der Waals surface area contributed by atoms with Crippen LogP contribution in [0, 0.1) is 0 Å². The van der Waals surface area contributed by atoms with Crippen molar-refractivity contribution in [2.45, 2.75) is 6.54 Å². The molecule has 0 fully saturated rings. The van der Waals surface area contributed by atoms with Gasteiger partial charge in [0.2, 0.25) is 0 Å². The number of rotatable bonds is 0. The fraction of sp³-hybridized carbons (Fsp3) is 0.200. The van der Waals surface area contributed by atoms with E-state index in [0.29, 0.717) is 12.4 Å². The summed E-state index contributed by atoms with van der Waals surface area (Å²) in [4.78, 5) is 14.9. The molecule has 0 bridgehead atoms. The zero-order valence-corrected chi connectivity index (χ0v) is 5.16. The van der Waals surface area contributed by atoms with Crippen molar-refractivity contribution < 1.29 is 0 Å². The highest BCUT2D eigenvalue weighted by atomic mass is 16.1. The summed E-state index contributed by atoms with van der Waals surface area (Å²) in [6.45, 7) is 0.593. The average Bonchev–Trinajstić information content (AvgIpc) is 2.36. The van der Waals surface area contributed by atoms with Gasteiger partial charge in [-0.15, -0.1) is 0 Å². The maximum absolute atomic E-state index is 10.9. The number of fused-ring (bicyclic) bond motifs is 1. The molecular weight excluding hydrogens is 132 g/mol. The first kappa shape index (κ1) is 5.43. The van der Waals surface area contributed by atoms with Gasteiger partial charge in [-0.25, -0.2) is 10.4 Å². The SMILES string of the molecule is O=c1ccnc2n1NNC2. The van der Waals surface area contributed by atoms with Crippen molar-refractivity contribution in [3.05, 3.63) is 28.4 Å². The first-order valence-electron chi connectivity index (χ1n) is 2.94. The van der Waals surface area contributed by atoms with E-state index in [4.69, 9.17) is 0 Å². The van der Waals surface area contributed by atoms with Crippen molar-refractivity contribution in [2.75, 3.05) is 5.53 Å². The maximum atomic E-state index is 10.9. The quantitative estimate of drug-likeness (QED) is 0.473. The zero-order chi connectivity index (χ0) is 6.97. The second kappa shape index (κ2) is 1.81. The molecule has 1 aliphatic rings. The maximum Gasteiger partial charge on any atom is 0.273 e. The second-order valence-electron chi connectivity index (χ2n) is 2.00. The number of hydrogen-bond acceptors (Lipinski definition) is 4. The molecule has 0 saturated carbocycles. The molecule has 1 aliphatic heterocycles. The zero-order valence-electron chi connectivity index (χ0n) is 5.16. The normalized spacial score (nSPS) is 14.4. The van der Waals surface area contributed by atoms with Crippen molar-refractivity contribution in [1.82, 2.24) is 15.1 Å². The van der Waals surface area contributed by atoms with Crippen LogP contribution in [0.4, 0.5) is 0 Å². The number of hydrazine groups is 1. The lowest BCUT2D eigenvalue weighted by molar-refractivity contribution is 0.788. The van der Waals surface area contributed by atoms with Crippen LogP contribution < -0.4 is 16.5 Å². The van der Waals surface area contributed by atoms with Crippen LogP contribution in [-0.4, -0.2) is 9.66 Å². The lowest BCUT2D eigenvalue weighted by Gasteiger charge is -1.97. The number of aromatic nitrogens is 2. The highest BCUT2D eigenvalue weighted by Gasteiger charge is 2.08. The number of hydrogen-bond donors (Lipinski definition) is 2. The van der Waals surface area contributed by atoms with Crippen LogP contribution in [0.3, 0.4) is 0 Å². The van der Waals surface area contributed by atoms with E-state index < -0.39 is 0 Å². The molecule has 2 N–H and O–H groups in total. The Morgan fingerprint density at radius 3 is 3.40 bits per heavy atom. The van der Waals surface area contributed by atoms with Crippen LogP contribution in [-0.2, 0) is 6.54 Å². The van der Waals surface area contributed by atoms with Crippen LogP contribution in [0.1, 0.15) is 5.82 Å². The largest absolute Gasteiger partial charge is 0.273 e. The standard InChI is InChI=1S/C5H6N4O/c10-5-1-2-6-4-3-7-8-9(4)5/h1-2,7-8H,3H2. The molecule has 1 aromatic rings. The van der Waals surface area contributed by atoms with Gasteiger partial charge in [-0.05, 0) is 0 Å². The van der Waals surface area contributed by atoms with Crippen LogP contribution in [0.15, 0.2) is 17.1 Å². The number of nitrogens with one attached hydrogen (secondary N) is 2. The molecule has 0 atom stereocenters. The summed E-state index contributed by atoms with van der Waals surface area (Å²) >= 11 is 0. The summed E-state index contributed by atoms with van der Waals surface area (Å²) in [5.74, 6) is 0.715. The van der Waals surface area contributed by atoms with Gasteiger partial charge < -0.3 is 0 Å². The summed E-state index contributed by atoms with van der Waals surface area (Å²) in [6, 6.07) is 1.41. The smallest absolute Gasteiger partial charge is 0.267 e. The van der Waals surface area contributed by atoms with Crippen LogP contribution in [0.25, 0.3) is 0 Å².